The number of ether oxygens (including phenoxy) is 1. The molecule has 0 aliphatic rings. The van der Waals surface area contributed by atoms with Crippen molar-refractivity contribution in [3.05, 3.63) is 65.9 Å². The zero-order valence-corrected chi connectivity index (χ0v) is 16.1. The average Bonchev–Trinajstić information content (AvgIpc) is 3.04. The lowest BCUT2D eigenvalue weighted by molar-refractivity contribution is -0.118. The molecule has 0 saturated carbocycles. The Morgan fingerprint density at radius 3 is 2.50 bits per heavy atom. The van der Waals surface area contributed by atoms with Crippen molar-refractivity contribution in [3.8, 4) is 5.75 Å². The van der Waals surface area contributed by atoms with Crippen LogP contribution in [-0.2, 0) is 14.8 Å². The number of carbonyl (C=O) groups is 1. The number of hydrogen-bond donors (Lipinski definition) is 2. The molecule has 28 heavy (non-hydrogen) atoms. The summed E-state index contributed by atoms with van der Waals surface area (Å²) in [6.45, 7) is 3.43. The molecule has 0 spiro atoms. The van der Waals surface area contributed by atoms with Gasteiger partial charge in [-0.15, -0.1) is 0 Å². The Hall–Kier alpha value is -3.33. The summed E-state index contributed by atoms with van der Waals surface area (Å²) in [5.41, 5.74) is 1.48. The molecule has 3 rings (SSSR count). The summed E-state index contributed by atoms with van der Waals surface area (Å²) in [6.07, 6.45) is 0. The minimum Gasteiger partial charge on any atom is -0.484 e. The summed E-state index contributed by atoms with van der Waals surface area (Å²) in [5, 5.41) is 6.25. The number of aromatic nitrogens is 1. The molecule has 0 aliphatic heterocycles. The molecule has 1 aromatic heterocycles. The third kappa shape index (κ3) is 5.10. The lowest BCUT2D eigenvalue weighted by Gasteiger charge is -2.09. The number of aryl methyl sites for hydroxylation is 2. The number of amides is 1. The third-order valence-electron chi connectivity index (χ3n) is 3.67. The van der Waals surface area contributed by atoms with Gasteiger partial charge in [0.15, 0.2) is 12.4 Å². The van der Waals surface area contributed by atoms with Crippen molar-refractivity contribution in [2.24, 2.45) is 0 Å². The number of sulfonamides is 1. The van der Waals surface area contributed by atoms with Crippen LogP contribution in [0.3, 0.4) is 0 Å². The predicted molar refractivity (Wildman–Crippen MR) is 104 cm³/mol. The fourth-order valence-corrected chi connectivity index (χ4v) is 3.36. The highest BCUT2D eigenvalue weighted by molar-refractivity contribution is 7.92. The fraction of sp³-hybridized carbons (Fsp3) is 0.158. The second-order valence-corrected chi connectivity index (χ2v) is 7.79. The van der Waals surface area contributed by atoms with Crippen LogP contribution in [-0.4, -0.2) is 26.1 Å². The third-order valence-corrected chi connectivity index (χ3v) is 5.05. The van der Waals surface area contributed by atoms with Crippen LogP contribution in [0.5, 0.6) is 5.75 Å². The maximum atomic E-state index is 12.3. The van der Waals surface area contributed by atoms with Crippen LogP contribution in [0.25, 0.3) is 0 Å². The molecule has 0 fully saturated rings. The van der Waals surface area contributed by atoms with Crippen molar-refractivity contribution in [1.29, 1.82) is 0 Å². The number of hydrogen-bond acceptors (Lipinski definition) is 6. The number of rotatable bonds is 7. The minimum atomic E-state index is -3.81. The van der Waals surface area contributed by atoms with Crippen LogP contribution >= 0.6 is 0 Å². The van der Waals surface area contributed by atoms with E-state index in [0.717, 1.165) is 5.56 Å². The van der Waals surface area contributed by atoms with Crippen LogP contribution < -0.4 is 14.8 Å². The molecule has 1 heterocycles. The molecule has 0 radical (unpaired) electrons. The van der Waals surface area contributed by atoms with Gasteiger partial charge in [0.2, 0.25) is 0 Å². The van der Waals surface area contributed by atoms with E-state index in [1.54, 1.807) is 13.0 Å². The van der Waals surface area contributed by atoms with Crippen LogP contribution in [0.2, 0.25) is 0 Å². The predicted octanol–water partition coefficient (Wildman–Crippen LogP) is 3.11. The second kappa shape index (κ2) is 8.13. The maximum absolute atomic E-state index is 12.3. The van der Waals surface area contributed by atoms with Crippen molar-refractivity contribution in [2.75, 3.05) is 16.6 Å². The molecule has 2 aromatic carbocycles. The van der Waals surface area contributed by atoms with E-state index in [4.69, 9.17) is 9.26 Å². The fourth-order valence-electron chi connectivity index (χ4n) is 2.38. The van der Waals surface area contributed by atoms with E-state index in [1.165, 1.54) is 30.3 Å². The number of benzene rings is 2. The SMILES string of the molecule is Cc1cccc(OCC(=O)Nc2ccc(S(=O)(=O)Nc3cc(C)on3)cc2)c1. The van der Waals surface area contributed by atoms with E-state index < -0.39 is 10.0 Å². The minimum absolute atomic E-state index is 0.0298. The number of carbonyl (C=O) groups excluding carboxylic acids is 1. The summed E-state index contributed by atoms with van der Waals surface area (Å²) in [5.74, 6) is 0.839. The van der Waals surface area contributed by atoms with E-state index in [1.807, 2.05) is 25.1 Å². The molecule has 0 saturated heterocycles. The largest absolute Gasteiger partial charge is 0.484 e. The highest BCUT2D eigenvalue weighted by Gasteiger charge is 2.16. The van der Waals surface area contributed by atoms with Gasteiger partial charge in [0.1, 0.15) is 11.5 Å². The van der Waals surface area contributed by atoms with Gasteiger partial charge in [0.25, 0.3) is 15.9 Å². The van der Waals surface area contributed by atoms with Gasteiger partial charge >= 0.3 is 0 Å². The highest BCUT2D eigenvalue weighted by Crippen LogP contribution is 2.18. The second-order valence-electron chi connectivity index (χ2n) is 6.11. The smallest absolute Gasteiger partial charge is 0.263 e. The first kappa shape index (κ1) is 19.4. The zero-order valence-electron chi connectivity index (χ0n) is 15.3. The van der Waals surface area contributed by atoms with Crippen LogP contribution in [0, 0.1) is 13.8 Å². The molecule has 2 N–H and O–H groups in total. The molecule has 0 aliphatic carbocycles. The molecular formula is C19H19N3O5S. The summed E-state index contributed by atoms with van der Waals surface area (Å²) in [4.78, 5) is 12.0. The number of nitrogens with one attached hydrogen (secondary N) is 2. The Balaban J connectivity index is 1.58. The van der Waals surface area contributed by atoms with Crippen molar-refractivity contribution >= 4 is 27.4 Å². The lowest BCUT2D eigenvalue weighted by atomic mass is 10.2. The van der Waals surface area contributed by atoms with Gasteiger partial charge in [-0.05, 0) is 55.8 Å². The molecule has 0 atom stereocenters. The quantitative estimate of drug-likeness (QED) is 0.629. The molecule has 1 amide bonds. The van der Waals surface area contributed by atoms with Gasteiger partial charge in [0.05, 0.1) is 4.90 Å². The average molecular weight is 401 g/mol. The highest BCUT2D eigenvalue weighted by atomic mass is 32.2. The first-order valence-corrected chi connectivity index (χ1v) is 9.86. The molecule has 0 bridgehead atoms. The molecule has 9 heteroatoms. The summed E-state index contributed by atoms with van der Waals surface area (Å²) < 4.78 is 37.2. The number of anilines is 2. The standard InChI is InChI=1S/C19H19N3O5S/c1-13-4-3-5-16(10-13)26-12-19(23)20-15-6-8-17(9-7-15)28(24,25)22-18-11-14(2)27-21-18/h3-11H,12H2,1-2H3,(H,20,23)(H,21,22). The maximum Gasteiger partial charge on any atom is 0.263 e. The van der Waals surface area contributed by atoms with Gasteiger partial charge in [-0.25, -0.2) is 8.42 Å². The van der Waals surface area contributed by atoms with Gasteiger partial charge in [-0.2, -0.15) is 0 Å². The first-order chi connectivity index (χ1) is 13.3. The summed E-state index contributed by atoms with van der Waals surface area (Å²) >= 11 is 0. The Bertz CT molecular complexity index is 1070. The van der Waals surface area contributed by atoms with Gasteiger partial charge in [-0.3, -0.25) is 9.52 Å². The summed E-state index contributed by atoms with van der Waals surface area (Å²) in [6, 6.07) is 14.6. The van der Waals surface area contributed by atoms with Crippen molar-refractivity contribution in [1.82, 2.24) is 5.16 Å². The molecule has 0 unspecified atom stereocenters. The normalized spacial score (nSPS) is 11.1. The van der Waals surface area contributed by atoms with Crippen molar-refractivity contribution in [3.63, 3.8) is 0 Å². The van der Waals surface area contributed by atoms with E-state index in [2.05, 4.69) is 15.2 Å². The topological polar surface area (TPSA) is 111 Å². The van der Waals surface area contributed by atoms with E-state index in [0.29, 0.717) is 17.2 Å². The Labute approximate surface area is 162 Å². The number of nitrogens with zero attached hydrogens (tertiary/aromatic N) is 1. The van der Waals surface area contributed by atoms with Gasteiger partial charge < -0.3 is 14.6 Å². The van der Waals surface area contributed by atoms with E-state index >= 15 is 0 Å². The van der Waals surface area contributed by atoms with Crippen molar-refractivity contribution in [2.45, 2.75) is 18.7 Å². The summed E-state index contributed by atoms with van der Waals surface area (Å²) in [7, 11) is -3.81. The first-order valence-electron chi connectivity index (χ1n) is 8.37. The van der Waals surface area contributed by atoms with E-state index in [-0.39, 0.29) is 23.2 Å². The Morgan fingerprint density at radius 1 is 1.11 bits per heavy atom. The van der Waals surface area contributed by atoms with E-state index in [9.17, 15) is 13.2 Å². The van der Waals surface area contributed by atoms with Crippen LogP contribution in [0.1, 0.15) is 11.3 Å². The zero-order chi connectivity index (χ0) is 20.1. The van der Waals surface area contributed by atoms with Gasteiger partial charge in [-0.1, -0.05) is 17.3 Å². The molecule has 8 nitrogen and oxygen atoms in total. The molecular weight excluding hydrogens is 382 g/mol. The monoisotopic (exact) mass is 401 g/mol. The molecule has 3 aromatic rings. The van der Waals surface area contributed by atoms with Gasteiger partial charge in [0, 0.05) is 11.8 Å². The van der Waals surface area contributed by atoms with Crippen LogP contribution in [0.15, 0.2) is 64.0 Å². The van der Waals surface area contributed by atoms with Crippen LogP contribution in [0.4, 0.5) is 11.5 Å². The molecule has 146 valence electrons. The van der Waals surface area contributed by atoms with Crippen molar-refractivity contribution < 1.29 is 22.5 Å². The Morgan fingerprint density at radius 2 is 1.86 bits per heavy atom. The lowest BCUT2D eigenvalue weighted by Crippen LogP contribution is -2.20. The Kier molecular flexibility index (Phi) is 5.65.